The molecule has 3 rings (SSSR count). The number of hydrogen-bond donors (Lipinski definition) is 1. The average molecular weight is 393 g/mol. The molecule has 0 unspecified atom stereocenters. The second-order valence-corrected chi connectivity index (χ2v) is 6.54. The fourth-order valence-electron chi connectivity index (χ4n) is 2.90. The van der Waals surface area contributed by atoms with Gasteiger partial charge in [-0.25, -0.2) is 9.37 Å². The van der Waals surface area contributed by atoms with Gasteiger partial charge in [0.2, 0.25) is 5.91 Å². The van der Waals surface area contributed by atoms with Gasteiger partial charge in [-0.1, -0.05) is 31.2 Å². The molecule has 0 spiro atoms. The molecule has 148 valence electrons. The van der Waals surface area contributed by atoms with Gasteiger partial charge in [-0.05, 0) is 37.6 Å². The van der Waals surface area contributed by atoms with Crippen LogP contribution in [-0.2, 0) is 17.8 Å². The number of hydrogen-bond acceptors (Lipinski definition) is 4. The Morgan fingerprint density at radius 2 is 1.86 bits per heavy atom. The molecule has 29 heavy (non-hydrogen) atoms. The third kappa shape index (κ3) is 4.82. The zero-order chi connectivity index (χ0) is 21.0. The summed E-state index contributed by atoms with van der Waals surface area (Å²) < 4.78 is 14.9. The zero-order valence-electron chi connectivity index (χ0n) is 16.1. The first kappa shape index (κ1) is 20.1. The highest BCUT2D eigenvalue weighted by Gasteiger charge is 2.15. The number of benzene rings is 2. The van der Waals surface area contributed by atoms with Crippen LogP contribution in [0.5, 0.6) is 0 Å². The van der Waals surface area contributed by atoms with Crippen molar-refractivity contribution in [3.63, 3.8) is 0 Å². The Balaban J connectivity index is 1.94. The third-order valence-electron chi connectivity index (χ3n) is 4.36. The van der Waals surface area contributed by atoms with E-state index in [9.17, 15) is 18.8 Å². The Bertz CT molecular complexity index is 1140. The number of aromatic nitrogens is 2. The highest BCUT2D eigenvalue weighted by Crippen LogP contribution is 2.18. The van der Waals surface area contributed by atoms with E-state index in [-0.39, 0.29) is 18.2 Å². The highest BCUT2D eigenvalue weighted by molar-refractivity contribution is 5.97. The van der Waals surface area contributed by atoms with Gasteiger partial charge in [0.15, 0.2) is 5.78 Å². The summed E-state index contributed by atoms with van der Waals surface area (Å²) in [7, 11) is 0. The predicted molar refractivity (Wildman–Crippen MR) is 108 cm³/mol. The maximum Gasteiger partial charge on any atom is 0.254 e. The van der Waals surface area contributed by atoms with E-state index < -0.39 is 17.3 Å². The van der Waals surface area contributed by atoms with Gasteiger partial charge < -0.3 is 5.32 Å². The minimum Gasteiger partial charge on any atom is -0.325 e. The topological polar surface area (TPSA) is 81.1 Å². The van der Waals surface area contributed by atoms with Crippen LogP contribution in [0, 0.1) is 5.82 Å². The molecule has 2 aromatic carbocycles. The summed E-state index contributed by atoms with van der Waals surface area (Å²) in [6, 6.07) is 13.6. The lowest BCUT2D eigenvalue weighted by Gasteiger charge is -2.14. The van der Waals surface area contributed by atoms with E-state index >= 15 is 0 Å². The standard InChI is InChI=1S/C22H20FN3O3/c1-3-18-12-21(29)26(22(25-18)16-7-4-8-17(23)10-16)13-20(28)24-19-9-5-6-15(11-19)14(2)27/h4-12H,3,13H2,1-2H3,(H,24,28). The maximum absolute atomic E-state index is 13.7. The van der Waals surface area contributed by atoms with Crippen molar-refractivity contribution in [3.8, 4) is 11.4 Å². The normalized spacial score (nSPS) is 10.6. The molecule has 0 saturated heterocycles. The average Bonchev–Trinajstić information content (AvgIpc) is 2.69. The quantitative estimate of drug-likeness (QED) is 0.651. The fourth-order valence-corrected chi connectivity index (χ4v) is 2.90. The molecule has 0 aliphatic heterocycles. The lowest BCUT2D eigenvalue weighted by atomic mass is 10.1. The van der Waals surface area contributed by atoms with Gasteiger partial charge in [-0.2, -0.15) is 0 Å². The molecular formula is C22H20FN3O3. The minimum absolute atomic E-state index is 0.120. The Kier molecular flexibility index (Phi) is 5.97. The summed E-state index contributed by atoms with van der Waals surface area (Å²) in [4.78, 5) is 41.1. The molecule has 0 bridgehead atoms. The van der Waals surface area contributed by atoms with Crippen LogP contribution < -0.4 is 10.9 Å². The molecule has 1 amide bonds. The van der Waals surface area contributed by atoms with Gasteiger partial charge >= 0.3 is 0 Å². The van der Waals surface area contributed by atoms with Crippen LogP contribution in [0.2, 0.25) is 0 Å². The van der Waals surface area contributed by atoms with Crippen LogP contribution in [0.3, 0.4) is 0 Å². The van der Waals surface area contributed by atoms with Crippen molar-refractivity contribution in [2.75, 3.05) is 5.32 Å². The summed E-state index contributed by atoms with van der Waals surface area (Å²) in [5.41, 5.74) is 1.48. The fraction of sp³-hybridized carbons (Fsp3) is 0.182. The summed E-state index contributed by atoms with van der Waals surface area (Å²) in [6.07, 6.45) is 0.530. The first-order valence-corrected chi connectivity index (χ1v) is 9.15. The SMILES string of the molecule is CCc1cc(=O)n(CC(=O)Nc2cccc(C(C)=O)c2)c(-c2cccc(F)c2)n1. The van der Waals surface area contributed by atoms with Gasteiger partial charge in [-0.3, -0.25) is 19.0 Å². The monoisotopic (exact) mass is 393 g/mol. The number of rotatable bonds is 6. The van der Waals surface area contributed by atoms with Crippen molar-refractivity contribution >= 4 is 17.4 Å². The third-order valence-corrected chi connectivity index (χ3v) is 4.36. The van der Waals surface area contributed by atoms with Crippen LogP contribution in [0.25, 0.3) is 11.4 Å². The van der Waals surface area contributed by atoms with Crippen molar-refractivity contribution in [3.05, 3.63) is 82.0 Å². The molecule has 0 fully saturated rings. The lowest BCUT2D eigenvalue weighted by molar-refractivity contribution is -0.116. The number of amides is 1. The van der Waals surface area contributed by atoms with E-state index in [1.54, 1.807) is 30.3 Å². The van der Waals surface area contributed by atoms with E-state index in [0.717, 1.165) is 0 Å². The molecule has 0 aliphatic carbocycles. The van der Waals surface area contributed by atoms with Crippen molar-refractivity contribution < 1.29 is 14.0 Å². The predicted octanol–water partition coefficient (Wildman–Crippen LogP) is 3.45. The summed E-state index contributed by atoms with van der Waals surface area (Å²) in [6.45, 7) is 2.99. The number of carbonyl (C=O) groups excluding carboxylic acids is 2. The molecule has 0 radical (unpaired) electrons. The molecule has 1 N–H and O–H groups in total. The lowest BCUT2D eigenvalue weighted by Crippen LogP contribution is -2.30. The first-order valence-electron chi connectivity index (χ1n) is 9.15. The van der Waals surface area contributed by atoms with Crippen molar-refractivity contribution in [2.45, 2.75) is 26.8 Å². The van der Waals surface area contributed by atoms with E-state index in [4.69, 9.17) is 0 Å². The van der Waals surface area contributed by atoms with Crippen LogP contribution in [-0.4, -0.2) is 21.2 Å². The number of nitrogens with zero attached hydrogens (tertiary/aromatic N) is 2. The number of ketones is 1. The Morgan fingerprint density at radius 3 is 2.55 bits per heavy atom. The van der Waals surface area contributed by atoms with Crippen molar-refractivity contribution in [2.24, 2.45) is 0 Å². The summed E-state index contributed by atoms with van der Waals surface area (Å²) in [5, 5.41) is 2.68. The molecule has 1 aromatic heterocycles. The van der Waals surface area contributed by atoms with Crippen molar-refractivity contribution in [1.29, 1.82) is 0 Å². The smallest absolute Gasteiger partial charge is 0.254 e. The van der Waals surface area contributed by atoms with Gasteiger partial charge in [0, 0.05) is 28.6 Å². The second kappa shape index (κ2) is 8.60. The molecule has 1 heterocycles. The second-order valence-electron chi connectivity index (χ2n) is 6.54. The Morgan fingerprint density at radius 1 is 1.10 bits per heavy atom. The van der Waals surface area contributed by atoms with Crippen LogP contribution >= 0.6 is 0 Å². The number of Topliss-reactive ketones (excluding diaryl/α,β-unsaturated/α-hetero) is 1. The zero-order valence-corrected chi connectivity index (χ0v) is 16.1. The van der Waals surface area contributed by atoms with Gasteiger partial charge in [-0.15, -0.1) is 0 Å². The van der Waals surface area contributed by atoms with E-state index in [1.807, 2.05) is 6.92 Å². The van der Waals surface area contributed by atoms with Gasteiger partial charge in [0.1, 0.15) is 18.2 Å². The number of carbonyl (C=O) groups is 2. The molecule has 6 nitrogen and oxygen atoms in total. The minimum atomic E-state index is -0.462. The highest BCUT2D eigenvalue weighted by atomic mass is 19.1. The Hall–Kier alpha value is -3.61. The van der Waals surface area contributed by atoms with E-state index in [0.29, 0.717) is 28.9 Å². The first-order chi connectivity index (χ1) is 13.9. The van der Waals surface area contributed by atoms with Crippen LogP contribution in [0.15, 0.2) is 59.4 Å². The molecule has 0 atom stereocenters. The summed E-state index contributed by atoms with van der Waals surface area (Å²) in [5.74, 6) is -0.821. The van der Waals surface area contributed by atoms with E-state index in [1.165, 1.54) is 35.8 Å². The van der Waals surface area contributed by atoms with Crippen LogP contribution in [0.1, 0.15) is 29.9 Å². The molecule has 3 aromatic rings. The molecule has 0 aliphatic rings. The number of aryl methyl sites for hydroxylation is 1. The number of anilines is 1. The number of halogens is 1. The largest absolute Gasteiger partial charge is 0.325 e. The Labute approximate surface area is 167 Å². The van der Waals surface area contributed by atoms with E-state index in [2.05, 4.69) is 10.3 Å². The molecular weight excluding hydrogens is 373 g/mol. The molecule has 0 saturated carbocycles. The van der Waals surface area contributed by atoms with Gasteiger partial charge in [0.05, 0.1) is 0 Å². The van der Waals surface area contributed by atoms with Crippen LogP contribution in [0.4, 0.5) is 10.1 Å². The molecule has 7 heteroatoms. The number of nitrogens with one attached hydrogen (secondary N) is 1. The van der Waals surface area contributed by atoms with Gasteiger partial charge in [0.25, 0.3) is 5.56 Å². The summed E-state index contributed by atoms with van der Waals surface area (Å²) >= 11 is 0. The maximum atomic E-state index is 13.7. The van der Waals surface area contributed by atoms with Crippen molar-refractivity contribution in [1.82, 2.24) is 9.55 Å².